The molecular formula is C22H31N3O4. The van der Waals surface area contributed by atoms with Gasteiger partial charge < -0.3 is 14.8 Å². The fraction of sp³-hybridized carbons (Fsp3) is 0.500. The zero-order valence-corrected chi connectivity index (χ0v) is 17.7. The molecule has 1 aromatic carbocycles. The molecule has 0 spiro atoms. The van der Waals surface area contributed by atoms with E-state index in [-0.39, 0.29) is 12.1 Å². The van der Waals surface area contributed by atoms with E-state index in [9.17, 15) is 9.59 Å². The monoisotopic (exact) mass is 401 g/mol. The van der Waals surface area contributed by atoms with Gasteiger partial charge in [0.25, 0.3) is 0 Å². The largest absolute Gasteiger partial charge is 0.465 e. The topological polar surface area (TPSA) is 82.5 Å². The molecule has 158 valence electrons. The minimum absolute atomic E-state index is 0.339. The van der Waals surface area contributed by atoms with Crippen molar-refractivity contribution in [3.63, 3.8) is 0 Å². The first-order valence-corrected chi connectivity index (χ1v) is 9.96. The van der Waals surface area contributed by atoms with E-state index in [2.05, 4.69) is 10.4 Å². The standard InChI is InChI=1S/C22H31N3O4/c1-22(2,3)29-21(27)23-13-7-5-6-8-14-25-16-19(15-24-25)17-9-11-18(12-10-17)20(26)28-4/h9-12,15-16H,5-8,13-14H2,1-4H3,(H,23,27). The van der Waals surface area contributed by atoms with Gasteiger partial charge in [-0.15, -0.1) is 0 Å². The van der Waals surface area contributed by atoms with Crippen LogP contribution in [0.25, 0.3) is 11.1 Å². The van der Waals surface area contributed by atoms with Gasteiger partial charge in [0.15, 0.2) is 0 Å². The van der Waals surface area contributed by atoms with Gasteiger partial charge in [-0.2, -0.15) is 5.10 Å². The van der Waals surface area contributed by atoms with E-state index in [0.717, 1.165) is 43.4 Å². The molecule has 0 aliphatic rings. The lowest BCUT2D eigenvalue weighted by Crippen LogP contribution is -2.32. The van der Waals surface area contributed by atoms with Gasteiger partial charge in [0.1, 0.15) is 5.60 Å². The predicted octanol–water partition coefficient (Wildman–Crippen LogP) is 4.42. The van der Waals surface area contributed by atoms with Crippen LogP contribution in [0, 0.1) is 0 Å². The van der Waals surface area contributed by atoms with Gasteiger partial charge in [-0.25, -0.2) is 9.59 Å². The van der Waals surface area contributed by atoms with E-state index in [1.165, 1.54) is 7.11 Å². The third kappa shape index (κ3) is 7.97. The van der Waals surface area contributed by atoms with E-state index < -0.39 is 5.60 Å². The Labute approximate surface area is 172 Å². The SMILES string of the molecule is COC(=O)c1ccc(-c2cnn(CCCCCCNC(=O)OC(C)(C)C)c2)cc1. The van der Waals surface area contributed by atoms with Crippen LogP contribution in [-0.2, 0) is 16.0 Å². The molecule has 0 aliphatic carbocycles. The third-order valence-electron chi connectivity index (χ3n) is 4.25. The van der Waals surface area contributed by atoms with Crippen molar-refractivity contribution < 1.29 is 19.1 Å². The molecule has 1 amide bonds. The molecule has 1 N–H and O–H groups in total. The first-order valence-electron chi connectivity index (χ1n) is 9.96. The summed E-state index contributed by atoms with van der Waals surface area (Å²) in [6, 6.07) is 7.30. The molecule has 2 rings (SSSR count). The zero-order valence-electron chi connectivity index (χ0n) is 17.7. The predicted molar refractivity (Wildman–Crippen MR) is 112 cm³/mol. The van der Waals surface area contributed by atoms with Gasteiger partial charge in [-0.05, 0) is 51.3 Å². The van der Waals surface area contributed by atoms with Crippen molar-refractivity contribution in [1.29, 1.82) is 0 Å². The number of esters is 1. The Balaban J connectivity index is 1.65. The molecule has 1 heterocycles. The number of hydrogen-bond acceptors (Lipinski definition) is 5. The zero-order chi connectivity index (χ0) is 21.3. The molecule has 0 radical (unpaired) electrons. The van der Waals surface area contributed by atoms with Crippen molar-refractivity contribution in [3.8, 4) is 11.1 Å². The highest BCUT2D eigenvalue weighted by molar-refractivity contribution is 5.89. The van der Waals surface area contributed by atoms with Crippen LogP contribution in [0.4, 0.5) is 4.79 Å². The second kappa shape index (κ2) is 10.6. The van der Waals surface area contributed by atoms with Gasteiger partial charge in [0, 0.05) is 24.8 Å². The average Bonchev–Trinajstić information content (AvgIpc) is 3.14. The lowest BCUT2D eigenvalue weighted by atomic mass is 10.1. The molecular weight excluding hydrogens is 370 g/mol. The van der Waals surface area contributed by atoms with Crippen LogP contribution < -0.4 is 5.32 Å². The summed E-state index contributed by atoms with van der Waals surface area (Å²) in [5.41, 5.74) is 2.10. The Hall–Kier alpha value is -2.83. The number of aromatic nitrogens is 2. The number of carbonyl (C=O) groups is 2. The number of nitrogens with one attached hydrogen (secondary N) is 1. The Morgan fingerprint density at radius 1 is 1.03 bits per heavy atom. The molecule has 0 atom stereocenters. The summed E-state index contributed by atoms with van der Waals surface area (Å²) >= 11 is 0. The van der Waals surface area contributed by atoms with E-state index in [4.69, 9.17) is 9.47 Å². The van der Waals surface area contributed by atoms with Crippen LogP contribution in [0.15, 0.2) is 36.7 Å². The van der Waals surface area contributed by atoms with Crippen LogP contribution >= 0.6 is 0 Å². The number of methoxy groups -OCH3 is 1. The maximum absolute atomic E-state index is 11.6. The summed E-state index contributed by atoms with van der Waals surface area (Å²) in [7, 11) is 1.37. The molecule has 1 aromatic heterocycles. The highest BCUT2D eigenvalue weighted by Gasteiger charge is 2.15. The summed E-state index contributed by atoms with van der Waals surface area (Å²) in [5.74, 6) is -0.339. The molecule has 7 heteroatoms. The number of benzene rings is 1. The van der Waals surface area contributed by atoms with Crippen LogP contribution in [0.2, 0.25) is 0 Å². The molecule has 0 fully saturated rings. The van der Waals surface area contributed by atoms with Gasteiger partial charge in [-0.3, -0.25) is 4.68 Å². The number of hydrogen-bond donors (Lipinski definition) is 1. The molecule has 0 aliphatic heterocycles. The second-order valence-corrected chi connectivity index (χ2v) is 7.90. The Bertz CT molecular complexity index is 791. The van der Waals surface area contributed by atoms with Crippen LogP contribution in [0.3, 0.4) is 0 Å². The summed E-state index contributed by atoms with van der Waals surface area (Å²) in [5, 5.41) is 7.19. The van der Waals surface area contributed by atoms with Crippen molar-refractivity contribution in [3.05, 3.63) is 42.2 Å². The number of amides is 1. The highest BCUT2D eigenvalue weighted by atomic mass is 16.6. The maximum Gasteiger partial charge on any atom is 0.407 e. The summed E-state index contributed by atoms with van der Waals surface area (Å²) in [6.45, 7) is 7.03. The van der Waals surface area contributed by atoms with Gasteiger partial charge >= 0.3 is 12.1 Å². The lowest BCUT2D eigenvalue weighted by molar-refractivity contribution is 0.0525. The van der Waals surface area contributed by atoms with Gasteiger partial charge in [-0.1, -0.05) is 25.0 Å². The number of rotatable bonds is 9. The second-order valence-electron chi connectivity index (χ2n) is 7.90. The van der Waals surface area contributed by atoms with Gasteiger partial charge in [0.2, 0.25) is 0 Å². The molecule has 0 saturated heterocycles. The van der Waals surface area contributed by atoms with Crippen molar-refractivity contribution in [2.45, 2.75) is 58.6 Å². The number of aryl methyl sites for hydroxylation is 1. The number of unbranched alkanes of at least 4 members (excludes halogenated alkanes) is 3. The Morgan fingerprint density at radius 3 is 2.38 bits per heavy atom. The Morgan fingerprint density at radius 2 is 1.72 bits per heavy atom. The quantitative estimate of drug-likeness (QED) is 0.497. The van der Waals surface area contributed by atoms with Crippen LogP contribution in [0.1, 0.15) is 56.8 Å². The fourth-order valence-corrected chi connectivity index (χ4v) is 2.81. The smallest absolute Gasteiger partial charge is 0.407 e. The molecule has 29 heavy (non-hydrogen) atoms. The van der Waals surface area contributed by atoms with E-state index >= 15 is 0 Å². The first kappa shape index (κ1) is 22.5. The number of nitrogens with zero attached hydrogens (tertiary/aromatic N) is 2. The molecule has 7 nitrogen and oxygen atoms in total. The Kier molecular flexibility index (Phi) is 8.24. The first-order chi connectivity index (χ1) is 13.8. The minimum Gasteiger partial charge on any atom is -0.465 e. The van der Waals surface area contributed by atoms with E-state index in [0.29, 0.717) is 12.1 Å². The minimum atomic E-state index is -0.462. The normalized spacial score (nSPS) is 11.2. The summed E-state index contributed by atoms with van der Waals surface area (Å²) in [4.78, 5) is 23.1. The third-order valence-corrected chi connectivity index (χ3v) is 4.25. The number of alkyl carbamates (subject to hydrolysis) is 1. The summed E-state index contributed by atoms with van der Waals surface area (Å²) < 4.78 is 11.8. The number of ether oxygens (including phenoxy) is 2. The van der Waals surface area contributed by atoms with Crippen molar-refractivity contribution in [1.82, 2.24) is 15.1 Å². The molecule has 2 aromatic rings. The number of carbonyl (C=O) groups excluding carboxylic acids is 2. The van der Waals surface area contributed by atoms with Gasteiger partial charge in [0.05, 0.1) is 18.9 Å². The average molecular weight is 402 g/mol. The van der Waals surface area contributed by atoms with E-state index in [1.54, 1.807) is 12.1 Å². The van der Waals surface area contributed by atoms with Crippen LogP contribution in [-0.4, -0.2) is 41.1 Å². The molecule has 0 unspecified atom stereocenters. The highest BCUT2D eigenvalue weighted by Crippen LogP contribution is 2.19. The van der Waals surface area contributed by atoms with Crippen molar-refractivity contribution >= 4 is 12.1 Å². The molecule has 0 saturated carbocycles. The molecule has 0 bridgehead atoms. The summed E-state index contributed by atoms with van der Waals surface area (Å²) in [6.07, 6.45) is 7.54. The maximum atomic E-state index is 11.6. The van der Waals surface area contributed by atoms with Crippen molar-refractivity contribution in [2.24, 2.45) is 0 Å². The fourth-order valence-electron chi connectivity index (χ4n) is 2.81. The lowest BCUT2D eigenvalue weighted by Gasteiger charge is -2.19. The van der Waals surface area contributed by atoms with Crippen molar-refractivity contribution in [2.75, 3.05) is 13.7 Å². The van der Waals surface area contributed by atoms with E-state index in [1.807, 2.05) is 50.0 Å². The van der Waals surface area contributed by atoms with Crippen LogP contribution in [0.5, 0.6) is 0 Å².